The fraction of sp³-hybridized carbons (Fsp3) is 0.375. The highest BCUT2D eigenvalue weighted by Gasteiger charge is 2.23. The normalized spacial score (nSPS) is 20.4. The van der Waals surface area contributed by atoms with Gasteiger partial charge in [0, 0.05) is 6.04 Å². The molecule has 4 rings (SSSR count). The maximum Gasteiger partial charge on any atom is 0.225 e. The molecule has 2 heterocycles. The van der Waals surface area contributed by atoms with Gasteiger partial charge in [-0.25, -0.2) is 4.98 Å². The molecule has 1 aromatic carbocycles. The second-order valence-electron chi connectivity index (χ2n) is 5.91. The van der Waals surface area contributed by atoms with E-state index < -0.39 is 0 Å². The van der Waals surface area contributed by atoms with Gasteiger partial charge in [-0.2, -0.15) is 9.67 Å². The van der Waals surface area contributed by atoms with Gasteiger partial charge in [-0.3, -0.25) is 0 Å². The van der Waals surface area contributed by atoms with E-state index in [1.54, 1.807) is 18.0 Å². The first-order valence-corrected chi connectivity index (χ1v) is 7.90. The first-order chi connectivity index (χ1) is 11.7. The lowest BCUT2D eigenvalue weighted by Crippen LogP contribution is -2.18. The lowest BCUT2D eigenvalue weighted by Gasteiger charge is -2.11. The van der Waals surface area contributed by atoms with Crippen molar-refractivity contribution in [2.45, 2.75) is 31.4 Å². The average molecular weight is 326 g/mol. The Morgan fingerprint density at radius 3 is 2.79 bits per heavy atom. The number of aromatic nitrogens is 5. The van der Waals surface area contributed by atoms with Gasteiger partial charge in [0.25, 0.3) is 0 Å². The Morgan fingerprint density at radius 1 is 1.25 bits per heavy atom. The summed E-state index contributed by atoms with van der Waals surface area (Å²) in [6.07, 6.45) is 3.86. The summed E-state index contributed by atoms with van der Waals surface area (Å²) >= 11 is 0. The first-order valence-electron chi connectivity index (χ1n) is 7.90. The summed E-state index contributed by atoms with van der Waals surface area (Å²) in [6.45, 7) is 0. The Labute approximate surface area is 138 Å². The summed E-state index contributed by atoms with van der Waals surface area (Å²) in [5.74, 6) is 1.30. The van der Waals surface area contributed by atoms with Crippen LogP contribution >= 0.6 is 0 Å². The molecule has 1 saturated carbocycles. The molecule has 24 heavy (non-hydrogen) atoms. The third kappa shape index (κ3) is 2.76. The minimum absolute atomic E-state index is 0.197. The van der Waals surface area contributed by atoms with Crippen molar-refractivity contribution in [1.82, 2.24) is 25.0 Å². The lowest BCUT2D eigenvalue weighted by molar-refractivity contribution is 0.182. The van der Waals surface area contributed by atoms with Crippen LogP contribution in [0.15, 0.2) is 30.5 Å². The fourth-order valence-electron chi connectivity index (χ4n) is 2.97. The van der Waals surface area contributed by atoms with Crippen molar-refractivity contribution in [1.29, 1.82) is 0 Å². The zero-order chi connectivity index (χ0) is 16.5. The Kier molecular flexibility index (Phi) is 3.73. The maximum atomic E-state index is 9.64. The SMILES string of the molecule is COc1ccc(-n2nnc3cnc(N[C@@H]4CC[C@@H](O)C4)nc32)cc1. The zero-order valence-electron chi connectivity index (χ0n) is 13.3. The van der Waals surface area contributed by atoms with Gasteiger partial charge in [0.1, 0.15) is 5.75 Å². The number of aliphatic hydroxyl groups is 1. The number of aliphatic hydroxyl groups excluding tert-OH is 1. The van der Waals surface area contributed by atoms with E-state index in [1.807, 2.05) is 24.3 Å². The predicted molar refractivity (Wildman–Crippen MR) is 88.3 cm³/mol. The largest absolute Gasteiger partial charge is 0.497 e. The number of fused-ring (bicyclic) bond motifs is 1. The molecule has 2 aromatic heterocycles. The van der Waals surface area contributed by atoms with Gasteiger partial charge in [0.2, 0.25) is 5.95 Å². The molecule has 3 aromatic rings. The van der Waals surface area contributed by atoms with E-state index in [0.29, 0.717) is 17.1 Å². The van der Waals surface area contributed by atoms with Crippen molar-refractivity contribution < 1.29 is 9.84 Å². The molecule has 2 N–H and O–H groups in total. The van der Waals surface area contributed by atoms with Gasteiger partial charge in [-0.15, -0.1) is 5.10 Å². The van der Waals surface area contributed by atoms with Crippen molar-refractivity contribution in [3.8, 4) is 11.4 Å². The summed E-state index contributed by atoms with van der Waals surface area (Å²) in [4.78, 5) is 8.84. The molecular formula is C16H18N6O2. The van der Waals surface area contributed by atoms with Gasteiger partial charge in [-0.1, -0.05) is 5.21 Å². The monoisotopic (exact) mass is 326 g/mol. The molecule has 0 saturated heterocycles. The molecule has 0 radical (unpaired) electrons. The molecular weight excluding hydrogens is 308 g/mol. The quantitative estimate of drug-likeness (QED) is 0.750. The summed E-state index contributed by atoms with van der Waals surface area (Å²) in [5.41, 5.74) is 2.11. The number of methoxy groups -OCH3 is 1. The molecule has 0 amide bonds. The third-order valence-corrected chi connectivity index (χ3v) is 4.25. The Hall–Kier alpha value is -2.74. The summed E-state index contributed by atoms with van der Waals surface area (Å²) in [7, 11) is 1.63. The number of rotatable bonds is 4. The van der Waals surface area contributed by atoms with Crippen molar-refractivity contribution in [2.75, 3.05) is 12.4 Å². The summed E-state index contributed by atoms with van der Waals surface area (Å²) < 4.78 is 6.85. The summed E-state index contributed by atoms with van der Waals surface area (Å²) in [6, 6.07) is 7.72. The van der Waals surface area contributed by atoms with E-state index in [4.69, 9.17) is 4.74 Å². The van der Waals surface area contributed by atoms with Crippen LogP contribution in [0.3, 0.4) is 0 Å². The molecule has 1 aliphatic rings. The molecule has 8 nitrogen and oxygen atoms in total. The highest BCUT2D eigenvalue weighted by molar-refractivity contribution is 5.72. The Bertz CT molecular complexity index is 847. The molecule has 1 fully saturated rings. The molecule has 1 aliphatic carbocycles. The van der Waals surface area contributed by atoms with Gasteiger partial charge < -0.3 is 15.2 Å². The van der Waals surface area contributed by atoms with Gasteiger partial charge in [-0.05, 0) is 43.5 Å². The van der Waals surface area contributed by atoms with Crippen LogP contribution in [0.1, 0.15) is 19.3 Å². The Balaban J connectivity index is 1.65. The van der Waals surface area contributed by atoms with Crippen LogP contribution in [0.4, 0.5) is 5.95 Å². The second kappa shape index (κ2) is 6.04. The first kappa shape index (κ1) is 14.8. The van der Waals surface area contributed by atoms with E-state index in [-0.39, 0.29) is 12.1 Å². The van der Waals surface area contributed by atoms with Crippen molar-refractivity contribution in [2.24, 2.45) is 0 Å². The van der Waals surface area contributed by atoms with Crippen LogP contribution < -0.4 is 10.1 Å². The summed E-state index contributed by atoms with van der Waals surface area (Å²) in [5, 5.41) is 21.2. The van der Waals surface area contributed by atoms with Gasteiger partial charge in [0.15, 0.2) is 11.2 Å². The van der Waals surface area contributed by atoms with E-state index in [1.165, 1.54) is 0 Å². The minimum Gasteiger partial charge on any atom is -0.497 e. The van der Waals surface area contributed by atoms with E-state index >= 15 is 0 Å². The molecule has 0 unspecified atom stereocenters. The number of ether oxygens (including phenoxy) is 1. The third-order valence-electron chi connectivity index (χ3n) is 4.25. The predicted octanol–water partition coefficient (Wildman–Crippen LogP) is 1.54. The van der Waals surface area contributed by atoms with Crippen LogP contribution in [-0.4, -0.2) is 49.3 Å². The van der Waals surface area contributed by atoms with E-state index in [0.717, 1.165) is 30.7 Å². The molecule has 0 bridgehead atoms. The number of nitrogens with one attached hydrogen (secondary N) is 1. The average Bonchev–Trinajstić information content (AvgIpc) is 3.21. The van der Waals surface area contributed by atoms with Gasteiger partial charge in [0.05, 0.1) is 25.1 Å². The highest BCUT2D eigenvalue weighted by Crippen LogP contribution is 2.23. The number of hydrogen-bond acceptors (Lipinski definition) is 7. The molecule has 8 heteroatoms. The van der Waals surface area contributed by atoms with Crippen LogP contribution in [-0.2, 0) is 0 Å². The number of nitrogens with zero attached hydrogens (tertiary/aromatic N) is 5. The van der Waals surface area contributed by atoms with Crippen LogP contribution in [0, 0.1) is 0 Å². The zero-order valence-corrected chi connectivity index (χ0v) is 13.3. The van der Waals surface area contributed by atoms with Crippen LogP contribution in [0.2, 0.25) is 0 Å². The van der Waals surface area contributed by atoms with Crippen molar-refractivity contribution in [3.05, 3.63) is 30.5 Å². The molecule has 2 atom stereocenters. The van der Waals surface area contributed by atoms with E-state index in [2.05, 4.69) is 25.6 Å². The number of anilines is 1. The molecule has 124 valence electrons. The van der Waals surface area contributed by atoms with Crippen molar-refractivity contribution in [3.63, 3.8) is 0 Å². The standard InChI is InChI=1S/C16H18N6O2/c1-24-13-6-3-11(4-7-13)22-15-14(20-21-22)9-17-16(19-15)18-10-2-5-12(23)8-10/h3-4,6-7,9-10,12,23H,2,5,8H2,1H3,(H,17,18,19)/t10-,12-/m1/s1. The minimum atomic E-state index is -0.238. The van der Waals surface area contributed by atoms with E-state index in [9.17, 15) is 5.11 Å². The molecule has 0 spiro atoms. The van der Waals surface area contributed by atoms with Crippen LogP contribution in [0.5, 0.6) is 5.75 Å². The Morgan fingerprint density at radius 2 is 2.08 bits per heavy atom. The lowest BCUT2D eigenvalue weighted by atomic mass is 10.2. The number of hydrogen-bond donors (Lipinski definition) is 2. The fourth-order valence-corrected chi connectivity index (χ4v) is 2.97. The van der Waals surface area contributed by atoms with Crippen LogP contribution in [0.25, 0.3) is 16.9 Å². The maximum absolute atomic E-state index is 9.64. The van der Waals surface area contributed by atoms with Gasteiger partial charge >= 0.3 is 0 Å². The second-order valence-corrected chi connectivity index (χ2v) is 5.91. The number of benzene rings is 1. The van der Waals surface area contributed by atoms with Crippen molar-refractivity contribution >= 4 is 17.1 Å². The topological polar surface area (TPSA) is 98.0 Å². The highest BCUT2D eigenvalue weighted by atomic mass is 16.5. The molecule has 0 aliphatic heterocycles. The smallest absolute Gasteiger partial charge is 0.225 e.